The number of methoxy groups -OCH3 is 2. The minimum absolute atomic E-state index is 0.130. The van der Waals surface area contributed by atoms with E-state index in [1.54, 1.807) is 43.4 Å². The smallest absolute Gasteiger partial charge is 0.256 e. The minimum atomic E-state index is -1.09. The molecule has 2 aromatic rings. The lowest BCUT2D eigenvalue weighted by molar-refractivity contribution is -0.138. The lowest BCUT2D eigenvalue weighted by Crippen LogP contribution is -2.46. The minimum Gasteiger partial charge on any atom is -0.493 e. The summed E-state index contributed by atoms with van der Waals surface area (Å²) in [4.78, 5) is 31.1. The van der Waals surface area contributed by atoms with E-state index in [4.69, 9.17) is 25.8 Å². The van der Waals surface area contributed by atoms with Crippen LogP contribution < -0.4 is 19.7 Å². The fourth-order valence-corrected chi connectivity index (χ4v) is 5.49. The molecule has 2 aromatic carbocycles. The number of ether oxygens (including phenoxy) is 3. The van der Waals surface area contributed by atoms with Crippen LogP contribution in [0.15, 0.2) is 36.4 Å². The highest BCUT2D eigenvalue weighted by Gasteiger charge is 2.40. The number of nitrogens with zero attached hydrogens (tertiary/aromatic N) is 2. The number of benzene rings is 2. The third-order valence-electron chi connectivity index (χ3n) is 7.45. The lowest BCUT2D eigenvalue weighted by Gasteiger charge is -2.32. The number of amides is 2. The van der Waals surface area contributed by atoms with Crippen LogP contribution in [0, 0.1) is 5.41 Å². The number of para-hydroxylation sites is 1. The van der Waals surface area contributed by atoms with Gasteiger partial charge < -0.3 is 34.4 Å². The summed E-state index contributed by atoms with van der Waals surface area (Å²) < 4.78 is 17.8. The first kappa shape index (κ1) is 30.1. The molecular weight excluding hydrogens is 534 g/mol. The molecule has 2 heterocycles. The molecule has 0 saturated carbocycles. The maximum absolute atomic E-state index is 14.1. The number of hydrogen-bond donors (Lipinski definition) is 2. The van der Waals surface area contributed by atoms with E-state index < -0.39 is 17.6 Å². The lowest BCUT2D eigenvalue weighted by atomic mass is 9.92. The first-order chi connectivity index (χ1) is 19.2. The number of nitrogens with one attached hydrogen (secondary N) is 1. The third-order valence-corrected chi connectivity index (χ3v) is 7.69. The summed E-state index contributed by atoms with van der Waals surface area (Å²) >= 11 is 6.47. The second-order valence-corrected chi connectivity index (χ2v) is 11.6. The molecular formula is C30H40ClN3O6. The van der Waals surface area contributed by atoms with Gasteiger partial charge >= 0.3 is 0 Å². The van der Waals surface area contributed by atoms with Gasteiger partial charge in [-0.05, 0) is 50.2 Å². The van der Waals surface area contributed by atoms with Gasteiger partial charge in [0, 0.05) is 53.5 Å². The van der Waals surface area contributed by atoms with Gasteiger partial charge in [-0.1, -0.05) is 37.6 Å². The van der Waals surface area contributed by atoms with Crippen LogP contribution in [0.1, 0.15) is 50.3 Å². The Bertz CT molecular complexity index is 1200. The van der Waals surface area contributed by atoms with Crippen LogP contribution in [-0.4, -0.2) is 81.5 Å². The van der Waals surface area contributed by atoms with Gasteiger partial charge in [0.1, 0.15) is 12.2 Å². The molecule has 0 radical (unpaired) electrons. The number of anilines is 1. The summed E-state index contributed by atoms with van der Waals surface area (Å²) in [5.74, 6) is 0.354. The molecule has 0 spiro atoms. The van der Waals surface area contributed by atoms with E-state index in [0.29, 0.717) is 39.9 Å². The predicted molar refractivity (Wildman–Crippen MR) is 154 cm³/mol. The van der Waals surface area contributed by atoms with E-state index in [-0.39, 0.29) is 31.4 Å². The molecule has 0 aliphatic carbocycles. The molecule has 40 heavy (non-hydrogen) atoms. The fraction of sp³-hybridized carbons (Fsp3) is 0.533. The van der Waals surface area contributed by atoms with E-state index in [0.717, 1.165) is 19.6 Å². The highest BCUT2D eigenvalue weighted by Crippen LogP contribution is 2.45. The SMILES string of the molecule is COc1cccc([C@H]2O[C@H](CC(=O)NCCN3CCCC3)C(=O)N(CC(C)(C)CO)c3ccc(Cl)cc32)c1OC. The van der Waals surface area contributed by atoms with Crippen molar-refractivity contribution in [3.63, 3.8) is 0 Å². The van der Waals surface area contributed by atoms with Crippen LogP contribution in [0.3, 0.4) is 0 Å². The van der Waals surface area contributed by atoms with Crippen LogP contribution in [-0.2, 0) is 14.3 Å². The molecule has 218 valence electrons. The Hall–Kier alpha value is -2.85. The molecule has 2 aliphatic rings. The quantitative estimate of drug-likeness (QED) is 0.422. The summed E-state index contributed by atoms with van der Waals surface area (Å²) in [6.07, 6.45) is 0.330. The summed E-state index contributed by atoms with van der Waals surface area (Å²) in [7, 11) is 3.10. The fourth-order valence-electron chi connectivity index (χ4n) is 5.31. The summed E-state index contributed by atoms with van der Waals surface area (Å²) in [6.45, 7) is 7.21. The maximum Gasteiger partial charge on any atom is 0.256 e. The van der Waals surface area contributed by atoms with Gasteiger partial charge in [0.05, 0.1) is 20.6 Å². The molecule has 0 unspecified atom stereocenters. The largest absolute Gasteiger partial charge is 0.493 e. The number of carbonyl (C=O) groups is 2. The first-order valence-corrected chi connectivity index (χ1v) is 14.1. The molecule has 10 heteroatoms. The van der Waals surface area contributed by atoms with Crippen molar-refractivity contribution in [2.75, 3.05) is 58.5 Å². The second-order valence-electron chi connectivity index (χ2n) is 11.1. The first-order valence-electron chi connectivity index (χ1n) is 13.7. The maximum atomic E-state index is 14.1. The molecule has 1 saturated heterocycles. The summed E-state index contributed by atoms with van der Waals surface area (Å²) in [6, 6.07) is 10.7. The normalized spacial score (nSPS) is 19.8. The van der Waals surface area contributed by atoms with E-state index in [1.807, 2.05) is 26.0 Å². The highest BCUT2D eigenvalue weighted by molar-refractivity contribution is 6.30. The monoisotopic (exact) mass is 573 g/mol. The molecule has 2 amide bonds. The van der Waals surface area contributed by atoms with Crippen molar-refractivity contribution >= 4 is 29.1 Å². The van der Waals surface area contributed by atoms with Gasteiger partial charge in [-0.3, -0.25) is 9.59 Å². The van der Waals surface area contributed by atoms with E-state index in [2.05, 4.69) is 10.2 Å². The van der Waals surface area contributed by atoms with Crippen LogP contribution in [0.5, 0.6) is 11.5 Å². The Labute approximate surface area is 241 Å². The molecule has 9 nitrogen and oxygen atoms in total. The number of aliphatic hydroxyl groups excluding tert-OH is 1. The van der Waals surface area contributed by atoms with Crippen LogP contribution in [0.2, 0.25) is 5.02 Å². The number of halogens is 1. The zero-order valence-corrected chi connectivity index (χ0v) is 24.5. The second kappa shape index (κ2) is 13.2. The Kier molecular flexibility index (Phi) is 9.94. The Morgan fingerprint density at radius 1 is 1.15 bits per heavy atom. The standard InChI is InChI=1S/C30H40ClN3O6/c1-30(2,19-35)18-34-23-11-10-20(31)16-22(23)27(21-8-7-9-24(38-3)28(21)39-4)40-25(29(34)37)17-26(36)32-12-15-33-13-5-6-14-33/h7-11,16,25,27,35H,5-6,12-15,17-19H2,1-4H3,(H,32,36)/t25-,27-/m1/s1. The molecule has 2 aliphatic heterocycles. The van der Waals surface area contributed by atoms with Gasteiger partial charge in [-0.15, -0.1) is 0 Å². The van der Waals surface area contributed by atoms with Gasteiger partial charge in [-0.25, -0.2) is 0 Å². The Morgan fingerprint density at radius 2 is 1.90 bits per heavy atom. The van der Waals surface area contributed by atoms with Gasteiger partial charge in [0.15, 0.2) is 11.5 Å². The summed E-state index contributed by atoms with van der Waals surface area (Å²) in [5, 5.41) is 13.5. The number of hydrogen-bond acceptors (Lipinski definition) is 7. The van der Waals surface area contributed by atoms with Crippen LogP contribution >= 0.6 is 11.6 Å². The molecule has 4 rings (SSSR count). The van der Waals surface area contributed by atoms with Crippen molar-refractivity contribution in [3.8, 4) is 11.5 Å². The molecule has 2 atom stereocenters. The van der Waals surface area contributed by atoms with Crippen LogP contribution in [0.25, 0.3) is 0 Å². The van der Waals surface area contributed by atoms with Crippen molar-refractivity contribution in [1.82, 2.24) is 10.2 Å². The Morgan fingerprint density at radius 3 is 2.58 bits per heavy atom. The number of carbonyl (C=O) groups excluding carboxylic acids is 2. The van der Waals surface area contributed by atoms with E-state index in [1.165, 1.54) is 12.8 Å². The highest BCUT2D eigenvalue weighted by atomic mass is 35.5. The van der Waals surface area contributed by atoms with Crippen molar-refractivity contribution in [3.05, 3.63) is 52.5 Å². The van der Waals surface area contributed by atoms with Crippen molar-refractivity contribution < 1.29 is 28.9 Å². The number of rotatable bonds is 11. The average molecular weight is 574 g/mol. The molecule has 1 fully saturated rings. The van der Waals surface area contributed by atoms with Crippen molar-refractivity contribution in [2.45, 2.75) is 45.3 Å². The zero-order valence-electron chi connectivity index (χ0n) is 23.7. The number of aliphatic hydroxyl groups is 1. The summed E-state index contributed by atoms with van der Waals surface area (Å²) in [5.41, 5.74) is 1.28. The van der Waals surface area contributed by atoms with Gasteiger partial charge in [-0.2, -0.15) is 0 Å². The molecule has 0 aromatic heterocycles. The topological polar surface area (TPSA) is 101 Å². The van der Waals surface area contributed by atoms with Crippen molar-refractivity contribution in [1.29, 1.82) is 0 Å². The van der Waals surface area contributed by atoms with Gasteiger partial charge in [0.2, 0.25) is 5.91 Å². The van der Waals surface area contributed by atoms with Crippen LogP contribution in [0.4, 0.5) is 5.69 Å². The average Bonchev–Trinajstić information content (AvgIpc) is 3.43. The molecule has 2 N–H and O–H groups in total. The number of fused-ring (bicyclic) bond motifs is 1. The zero-order chi connectivity index (χ0) is 28.9. The number of likely N-dealkylation sites (tertiary alicyclic amines) is 1. The predicted octanol–water partition coefficient (Wildman–Crippen LogP) is 3.80. The third kappa shape index (κ3) is 6.89. The van der Waals surface area contributed by atoms with Crippen molar-refractivity contribution in [2.24, 2.45) is 5.41 Å². The molecule has 0 bridgehead atoms. The van der Waals surface area contributed by atoms with Gasteiger partial charge in [0.25, 0.3) is 5.91 Å². The Balaban J connectivity index is 1.72. The van der Waals surface area contributed by atoms with E-state index in [9.17, 15) is 14.7 Å². The van der Waals surface area contributed by atoms with E-state index >= 15 is 0 Å².